The fourth-order valence-electron chi connectivity index (χ4n) is 2.93. The highest BCUT2D eigenvalue weighted by Gasteiger charge is 2.32. The summed E-state index contributed by atoms with van der Waals surface area (Å²) in [5.41, 5.74) is -0.134. The second-order valence-corrected chi connectivity index (χ2v) is 6.46. The molecule has 1 rings (SSSR count). The number of ether oxygens (including phenoxy) is 1. The van der Waals surface area contributed by atoms with E-state index in [2.05, 4.69) is 31.0 Å². The number of rotatable bonds is 12. The zero-order chi connectivity index (χ0) is 15.0. The van der Waals surface area contributed by atoms with Crippen LogP contribution in [-0.4, -0.2) is 61.5 Å². The molecule has 2 unspecified atom stereocenters. The Kier molecular flexibility index (Phi) is 8.03. The molecule has 20 heavy (non-hydrogen) atoms. The van der Waals surface area contributed by atoms with E-state index in [1.807, 2.05) is 0 Å². The molecule has 0 bridgehead atoms. The first-order chi connectivity index (χ1) is 9.56. The molecule has 4 nitrogen and oxygen atoms in total. The van der Waals surface area contributed by atoms with Gasteiger partial charge < -0.3 is 15.2 Å². The van der Waals surface area contributed by atoms with Gasteiger partial charge in [-0.25, -0.2) is 0 Å². The van der Waals surface area contributed by atoms with Gasteiger partial charge in [0.2, 0.25) is 0 Å². The van der Waals surface area contributed by atoms with E-state index in [1.165, 1.54) is 12.8 Å². The van der Waals surface area contributed by atoms with Gasteiger partial charge in [-0.2, -0.15) is 0 Å². The van der Waals surface area contributed by atoms with Crippen LogP contribution in [0.2, 0.25) is 0 Å². The predicted molar refractivity (Wildman–Crippen MR) is 84.0 cm³/mol. The molecule has 0 radical (unpaired) electrons. The van der Waals surface area contributed by atoms with Gasteiger partial charge in [0.1, 0.15) is 0 Å². The maximum absolute atomic E-state index is 9.53. The highest BCUT2D eigenvalue weighted by molar-refractivity contribution is 4.86. The van der Waals surface area contributed by atoms with Crippen molar-refractivity contribution in [3.63, 3.8) is 0 Å². The second-order valence-electron chi connectivity index (χ2n) is 6.46. The van der Waals surface area contributed by atoms with Crippen LogP contribution in [0.25, 0.3) is 0 Å². The Hall–Kier alpha value is -0.160. The monoisotopic (exact) mass is 286 g/mol. The molecule has 0 aromatic rings. The lowest BCUT2D eigenvalue weighted by Crippen LogP contribution is -2.46. The molecule has 2 N–H and O–H groups in total. The Bertz CT molecular complexity index is 259. The Morgan fingerprint density at radius 2 is 2.10 bits per heavy atom. The summed E-state index contributed by atoms with van der Waals surface area (Å²) in [7, 11) is 1.77. The predicted octanol–water partition coefficient (Wildman–Crippen LogP) is 1.87. The lowest BCUT2D eigenvalue weighted by atomic mass is 9.96. The van der Waals surface area contributed by atoms with Crippen LogP contribution >= 0.6 is 0 Å². The summed E-state index contributed by atoms with van der Waals surface area (Å²) in [5, 5.41) is 12.9. The lowest BCUT2D eigenvalue weighted by molar-refractivity contribution is 0.108. The summed E-state index contributed by atoms with van der Waals surface area (Å²) < 4.78 is 5.24. The van der Waals surface area contributed by atoms with E-state index >= 15 is 0 Å². The Morgan fingerprint density at radius 3 is 2.60 bits per heavy atom. The van der Waals surface area contributed by atoms with Crippen LogP contribution < -0.4 is 5.32 Å². The van der Waals surface area contributed by atoms with Crippen molar-refractivity contribution in [2.24, 2.45) is 5.92 Å². The lowest BCUT2D eigenvalue weighted by Gasteiger charge is -2.32. The highest BCUT2D eigenvalue weighted by atomic mass is 16.5. The summed E-state index contributed by atoms with van der Waals surface area (Å²) in [4.78, 5) is 2.56. The van der Waals surface area contributed by atoms with Crippen molar-refractivity contribution in [1.29, 1.82) is 0 Å². The largest absolute Gasteiger partial charge is 0.394 e. The molecule has 0 amide bonds. The molecule has 120 valence electrons. The number of methoxy groups -OCH3 is 1. The second kappa shape index (κ2) is 8.98. The van der Waals surface area contributed by atoms with E-state index in [0.717, 1.165) is 45.0 Å². The van der Waals surface area contributed by atoms with Gasteiger partial charge in [0.05, 0.1) is 13.2 Å². The zero-order valence-electron chi connectivity index (χ0n) is 13.8. The third kappa shape index (κ3) is 6.08. The van der Waals surface area contributed by atoms with Gasteiger partial charge in [0.15, 0.2) is 0 Å². The maximum Gasteiger partial charge on any atom is 0.0610 e. The average molecular weight is 286 g/mol. The van der Waals surface area contributed by atoms with E-state index in [-0.39, 0.29) is 12.1 Å². The number of nitrogens with zero attached hydrogens (tertiary/aromatic N) is 1. The maximum atomic E-state index is 9.53. The molecule has 4 heteroatoms. The molecular formula is C16H34N2O2. The summed E-state index contributed by atoms with van der Waals surface area (Å²) in [5.74, 6) is 0.893. The third-order valence-corrected chi connectivity index (χ3v) is 4.59. The van der Waals surface area contributed by atoms with Gasteiger partial charge in [-0.05, 0) is 58.5 Å². The van der Waals surface area contributed by atoms with Crippen LogP contribution in [0.15, 0.2) is 0 Å². The first kappa shape index (κ1) is 17.9. The zero-order valence-corrected chi connectivity index (χ0v) is 13.8. The van der Waals surface area contributed by atoms with Crippen LogP contribution in [0, 0.1) is 5.92 Å². The topological polar surface area (TPSA) is 44.7 Å². The van der Waals surface area contributed by atoms with Gasteiger partial charge in [-0.15, -0.1) is 0 Å². The van der Waals surface area contributed by atoms with Crippen molar-refractivity contribution in [3.05, 3.63) is 0 Å². The minimum atomic E-state index is -0.134. The molecular weight excluding hydrogens is 252 g/mol. The first-order valence-electron chi connectivity index (χ1n) is 8.15. The highest BCUT2D eigenvalue weighted by Crippen LogP contribution is 2.35. The molecule has 1 fully saturated rings. The number of aliphatic hydroxyl groups excluding tert-OH is 1. The SMILES string of the molecule is CCNC(C)(CO)CCCN(CCOC)C(C)C1CC1. The summed E-state index contributed by atoms with van der Waals surface area (Å²) in [6, 6.07) is 0.671. The molecule has 1 saturated carbocycles. The van der Waals surface area contributed by atoms with E-state index in [4.69, 9.17) is 4.74 Å². The normalized spacial score (nSPS) is 20.1. The van der Waals surface area contributed by atoms with Crippen molar-refractivity contribution in [1.82, 2.24) is 10.2 Å². The molecule has 0 aromatic heterocycles. The molecule has 0 spiro atoms. The first-order valence-corrected chi connectivity index (χ1v) is 8.15. The Morgan fingerprint density at radius 1 is 1.40 bits per heavy atom. The van der Waals surface area contributed by atoms with Crippen molar-refractivity contribution in [2.75, 3.05) is 40.0 Å². The van der Waals surface area contributed by atoms with Crippen LogP contribution in [0.1, 0.15) is 46.5 Å². The summed E-state index contributed by atoms with van der Waals surface area (Å²) >= 11 is 0. The minimum Gasteiger partial charge on any atom is -0.394 e. The molecule has 0 heterocycles. The molecule has 1 aliphatic carbocycles. The van der Waals surface area contributed by atoms with Crippen molar-refractivity contribution >= 4 is 0 Å². The van der Waals surface area contributed by atoms with Gasteiger partial charge in [-0.3, -0.25) is 4.90 Å². The molecule has 0 saturated heterocycles. The Balaban J connectivity index is 2.36. The van der Waals surface area contributed by atoms with Crippen molar-refractivity contribution in [3.8, 4) is 0 Å². The number of likely N-dealkylation sites (N-methyl/N-ethyl adjacent to an activating group) is 1. The van der Waals surface area contributed by atoms with Crippen molar-refractivity contribution in [2.45, 2.75) is 58.0 Å². The van der Waals surface area contributed by atoms with E-state index in [1.54, 1.807) is 7.11 Å². The van der Waals surface area contributed by atoms with Crippen LogP contribution in [0.4, 0.5) is 0 Å². The molecule has 0 aliphatic heterocycles. The summed E-state index contributed by atoms with van der Waals surface area (Å²) in [6.45, 7) is 10.6. The fraction of sp³-hybridized carbons (Fsp3) is 1.00. The average Bonchev–Trinajstić information content (AvgIpc) is 3.26. The molecule has 2 atom stereocenters. The number of hydrogen-bond donors (Lipinski definition) is 2. The number of hydrogen-bond acceptors (Lipinski definition) is 4. The molecule has 1 aliphatic rings. The smallest absolute Gasteiger partial charge is 0.0610 e. The van der Waals surface area contributed by atoms with E-state index in [0.29, 0.717) is 6.04 Å². The van der Waals surface area contributed by atoms with Crippen molar-refractivity contribution < 1.29 is 9.84 Å². The van der Waals surface area contributed by atoms with Gasteiger partial charge >= 0.3 is 0 Å². The third-order valence-electron chi connectivity index (χ3n) is 4.59. The Labute approximate surface area is 124 Å². The quantitative estimate of drug-likeness (QED) is 0.575. The number of nitrogens with one attached hydrogen (secondary N) is 1. The van der Waals surface area contributed by atoms with E-state index < -0.39 is 0 Å². The van der Waals surface area contributed by atoms with Gasteiger partial charge in [-0.1, -0.05) is 6.92 Å². The summed E-state index contributed by atoms with van der Waals surface area (Å²) in [6.07, 6.45) is 4.90. The molecule has 0 aromatic carbocycles. The van der Waals surface area contributed by atoms with Crippen LogP contribution in [0.5, 0.6) is 0 Å². The fourth-order valence-corrected chi connectivity index (χ4v) is 2.93. The van der Waals surface area contributed by atoms with Crippen LogP contribution in [-0.2, 0) is 4.74 Å². The standard InChI is InChI=1S/C16H34N2O2/c1-5-17-16(3,13-19)9-6-10-18(11-12-20-4)14(2)15-7-8-15/h14-15,17,19H,5-13H2,1-4H3. The van der Waals surface area contributed by atoms with Gasteiger partial charge in [0.25, 0.3) is 0 Å². The van der Waals surface area contributed by atoms with Crippen LogP contribution in [0.3, 0.4) is 0 Å². The number of aliphatic hydroxyl groups is 1. The van der Waals surface area contributed by atoms with Gasteiger partial charge in [0, 0.05) is 25.2 Å². The minimum absolute atomic E-state index is 0.134. The van der Waals surface area contributed by atoms with E-state index in [9.17, 15) is 5.11 Å².